The first-order valence-electron chi connectivity index (χ1n) is 10.1. The number of rotatable bonds is 16. The zero-order chi connectivity index (χ0) is 25.7. The minimum absolute atomic E-state index is 0.0239. The zero-order valence-corrected chi connectivity index (χ0v) is 18.2. The summed E-state index contributed by atoms with van der Waals surface area (Å²) in [7, 11) is 0. The topological polar surface area (TPSA) is 277 Å². The average molecular weight is 476 g/mol. The molecule has 0 aliphatic heterocycles. The smallest absolute Gasteiger partial charge is 0.326 e. The lowest BCUT2D eigenvalue weighted by atomic mass is 10.1. The average Bonchev–Trinajstić information content (AvgIpc) is 2.69. The Balaban J connectivity index is 5.41. The van der Waals surface area contributed by atoms with Crippen molar-refractivity contribution in [3.63, 3.8) is 0 Å². The van der Waals surface area contributed by atoms with Crippen LogP contribution in [0.2, 0.25) is 0 Å². The Kier molecular flexibility index (Phi) is 13.2. The van der Waals surface area contributed by atoms with E-state index in [1.165, 1.54) is 0 Å². The highest BCUT2D eigenvalue weighted by molar-refractivity contribution is 5.96. The fourth-order valence-electron chi connectivity index (χ4n) is 2.64. The molecule has 0 aromatic rings. The molecule has 0 heterocycles. The van der Waals surface area contributed by atoms with Gasteiger partial charge in [-0.05, 0) is 32.7 Å². The lowest BCUT2D eigenvalue weighted by Gasteiger charge is -2.25. The van der Waals surface area contributed by atoms with Gasteiger partial charge in [-0.2, -0.15) is 0 Å². The summed E-state index contributed by atoms with van der Waals surface area (Å²) in [6.45, 7) is 1.45. The summed E-state index contributed by atoms with van der Waals surface area (Å²) >= 11 is 0. The van der Waals surface area contributed by atoms with Gasteiger partial charge in [-0.3, -0.25) is 24.0 Å². The van der Waals surface area contributed by atoms with E-state index in [0.717, 1.165) is 6.92 Å². The van der Waals surface area contributed by atoms with Gasteiger partial charge in [0.05, 0.1) is 25.0 Å². The molecule has 12 N–H and O–H groups in total. The number of carbonyl (C=O) groups is 6. The summed E-state index contributed by atoms with van der Waals surface area (Å²) in [5.41, 5.74) is 15.8. The van der Waals surface area contributed by atoms with Crippen molar-refractivity contribution in [3.05, 3.63) is 0 Å². The van der Waals surface area contributed by atoms with E-state index in [9.17, 15) is 39.0 Å². The van der Waals surface area contributed by atoms with E-state index in [4.69, 9.17) is 22.3 Å². The third-order valence-corrected chi connectivity index (χ3v) is 4.39. The number of unbranched alkanes of at least 4 members (excludes halogenated alkanes) is 1. The standard InChI is InChI=1S/C18H32N6O9/c1-8(25)14(24-15(29)9(20)6-12(21)26)17(31)23-11(7-13(27)28)16(30)22-10(18(32)33)4-2-3-5-19/h8-11,14,25H,2-7,19-20H2,1H3,(H2,21,26)(H,22,30)(H,23,31)(H,24,29)(H,27,28)(H,32,33). The van der Waals surface area contributed by atoms with Gasteiger partial charge in [0.1, 0.15) is 18.1 Å². The SMILES string of the molecule is CC(O)C(NC(=O)C(N)CC(N)=O)C(=O)NC(CC(=O)O)C(=O)NC(CCCCN)C(=O)O. The van der Waals surface area contributed by atoms with Gasteiger partial charge in [0.15, 0.2) is 0 Å². The first-order valence-corrected chi connectivity index (χ1v) is 10.1. The fourth-order valence-corrected chi connectivity index (χ4v) is 2.64. The number of nitrogens with two attached hydrogens (primary N) is 3. The van der Waals surface area contributed by atoms with Crippen LogP contribution < -0.4 is 33.2 Å². The number of aliphatic hydroxyl groups excluding tert-OH is 1. The maximum absolute atomic E-state index is 12.6. The molecule has 0 aliphatic carbocycles. The molecule has 4 amide bonds. The van der Waals surface area contributed by atoms with Crippen molar-refractivity contribution in [1.82, 2.24) is 16.0 Å². The Bertz CT molecular complexity index is 730. The Labute approximate surface area is 189 Å². The second kappa shape index (κ2) is 14.7. The predicted octanol–water partition coefficient (Wildman–Crippen LogP) is -4.29. The Morgan fingerprint density at radius 2 is 1.42 bits per heavy atom. The van der Waals surface area contributed by atoms with Crippen LogP contribution in [-0.2, 0) is 28.8 Å². The summed E-state index contributed by atoms with van der Waals surface area (Å²) in [5.74, 6) is -6.95. The number of carbonyl (C=O) groups excluding carboxylic acids is 4. The van der Waals surface area contributed by atoms with Crippen molar-refractivity contribution >= 4 is 35.6 Å². The van der Waals surface area contributed by atoms with Crippen molar-refractivity contribution < 1.29 is 44.1 Å². The van der Waals surface area contributed by atoms with E-state index >= 15 is 0 Å². The minimum atomic E-state index is -1.72. The monoisotopic (exact) mass is 476 g/mol. The maximum Gasteiger partial charge on any atom is 0.326 e. The molecule has 5 atom stereocenters. The fraction of sp³-hybridized carbons (Fsp3) is 0.667. The molecule has 15 nitrogen and oxygen atoms in total. The van der Waals surface area contributed by atoms with E-state index in [2.05, 4.69) is 16.0 Å². The van der Waals surface area contributed by atoms with Crippen molar-refractivity contribution in [1.29, 1.82) is 0 Å². The quantitative estimate of drug-likeness (QED) is 0.0960. The Morgan fingerprint density at radius 1 is 0.848 bits per heavy atom. The molecule has 0 saturated heterocycles. The Morgan fingerprint density at radius 3 is 1.88 bits per heavy atom. The molecule has 0 aromatic heterocycles. The molecule has 188 valence electrons. The van der Waals surface area contributed by atoms with Gasteiger partial charge in [-0.25, -0.2) is 4.79 Å². The van der Waals surface area contributed by atoms with Crippen LogP contribution in [-0.4, -0.2) is 87.7 Å². The second-order valence-corrected chi connectivity index (χ2v) is 7.35. The van der Waals surface area contributed by atoms with E-state index in [1.807, 2.05) is 0 Å². The molecule has 5 unspecified atom stereocenters. The summed E-state index contributed by atoms with van der Waals surface area (Å²) in [6, 6.07) is -6.15. The van der Waals surface area contributed by atoms with Crippen LogP contribution in [0.5, 0.6) is 0 Å². The number of carboxylic acids is 2. The number of carboxylic acid groups (broad SMARTS) is 2. The minimum Gasteiger partial charge on any atom is -0.481 e. The summed E-state index contributed by atoms with van der Waals surface area (Å²) in [6.07, 6.45) is -2.05. The van der Waals surface area contributed by atoms with Crippen LogP contribution >= 0.6 is 0 Å². The molecule has 0 radical (unpaired) electrons. The highest BCUT2D eigenvalue weighted by Crippen LogP contribution is 2.04. The molecule has 0 saturated carbocycles. The van der Waals surface area contributed by atoms with Crippen molar-refractivity contribution in [2.75, 3.05) is 6.54 Å². The first-order chi connectivity index (χ1) is 15.3. The lowest BCUT2D eigenvalue weighted by molar-refractivity contribution is -0.144. The number of aliphatic hydroxyl groups is 1. The van der Waals surface area contributed by atoms with Crippen molar-refractivity contribution in [2.45, 2.75) is 69.3 Å². The number of aliphatic carboxylic acids is 2. The molecule has 0 aliphatic rings. The molecule has 15 heteroatoms. The highest BCUT2D eigenvalue weighted by atomic mass is 16.4. The third-order valence-electron chi connectivity index (χ3n) is 4.39. The number of hydrogen-bond donors (Lipinski definition) is 9. The Hall–Kier alpha value is -3.30. The molecule has 0 bridgehead atoms. The van der Waals surface area contributed by atoms with E-state index in [0.29, 0.717) is 19.4 Å². The van der Waals surface area contributed by atoms with Crippen molar-refractivity contribution in [3.8, 4) is 0 Å². The second-order valence-electron chi connectivity index (χ2n) is 7.35. The van der Waals surface area contributed by atoms with Gasteiger partial charge in [-0.1, -0.05) is 0 Å². The van der Waals surface area contributed by atoms with Crippen LogP contribution in [0.1, 0.15) is 39.0 Å². The van der Waals surface area contributed by atoms with Crippen LogP contribution in [0.3, 0.4) is 0 Å². The number of nitrogens with one attached hydrogen (secondary N) is 3. The third kappa shape index (κ3) is 11.8. The van der Waals surface area contributed by atoms with Gasteiger partial charge < -0.3 is 48.5 Å². The van der Waals surface area contributed by atoms with E-state index < -0.39 is 78.7 Å². The van der Waals surface area contributed by atoms with Gasteiger partial charge >= 0.3 is 11.9 Å². The zero-order valence-electron chi connectivity index (χ0n) is 18.2. The van der Waals surface area contributed by atoms with Crippen molar-refractivity contribution in [2.24, 2.45) is 17.2 Å². The molecular weight excluding hydrogens is 444 g/mol. The molecule has 0 aromatic carbocycles. The summed E-state index contributed by atoms with van der Waals surface area (Å²) < 4.78 is 0. The summed E-state index contributed by atoms with van der Waals surface area (Å²) in [4.78, 5) is 70.6. The lowest BCUT2D eigenvalue weighted by Crippen LogP contribution is -2.60. The van der Waals surface area contributed by atoms with E-state index in [-0.39, 0.29) is 6.42 Å². The van der Waals surface area contributed by atoms with Crippen LogP contribution in [0.25, 0.3) is 0 Å². The normalized spacial score (nSPS) is 15.3. The largest absolute Gasteiger partial charge is 0.481 e. The predicted molar refractivity (Wildman–Crippen MR) is 112 cm³/mol. The number of hydrogen-bond acceptors (Lipinski definition) is 9. The number of amides is 4. The van der Waals surface area contributed by atoms with Crippen LogP contribution in [0.15, 0.2) is 0 Å². The first kappa shape index (κ1) is 29.7. The molecule has 0 spiro atoms. The molecular formula is C18H32N6O9. The molecule has 0 fully saturated rings. The number of primary amides is 1. The van der Waals surface area contributed by atoms with Gasteiger partial charge in [-0.15, -0.1) is 0 Å². The highest BCUT2D eigenvalue weighted by Gasteiger charge is 2.33. The molecule has 33 heavy (non-hydrogen) atoms. The van der Waals surface area contributed by atoms with Gasteiger partial charge in [0, 0.05) is 0 Å². The maximum atomic E-state index is 12.6. The van der Waals surface area contributed by atoms with Gasteiger partial charge in [0.25, 0.3) is 0 Å². The molecule has 0 rings (SSSR count). The van der Waals surface area contributed by atoms with E-state index in [1.54, 1.807) is 0 Å². The van der Waals surface area contributed by atoms with Crippen LogP contribution in [0.4, 0.5) is 0 Å². The summed E-state index contributed by atoms with van der Waals surface area (Å²) in [5, 5.41) is 34.5. The van der Waals surface area contributed by atoms with Gasteiger partial charge in [0.2, 0.25) is 23.6 Å². The van der Waals surface area contributed by atoms with Crippen LogP contribution in [0, 0.1) is 0 Å².